The normalized spacial score (nSPS) is 14.7. The number of benzene rings is 1. The lowest BCUT2D eigenvalue weighted by molar-refractivity contribution is -0.139. The molecule has 0 aliphatic carbocycles. The van der Waals surface area contributed by atoms with Crippen LogP contribution in [0.4, 0.5) is 0 Å². The lowest BCUT2D eigenvalue weighted by Crippen LogP contribution is -2.42. The van der Waals surface area contributed by atoms with Crippen LogP contribution in [-0.2, 0) is 14.8 Å². The lowest BCUT2D eigenvalue weighted by atomic mass is 10.0. The molecule has 112 valence electrons. The van der Waals surface area contributed by atoms with E-state index in [1.54, 1.807) is 0 Å². The highest BCUT2D eigenvalue weighted by Crippen LogP contribution is 2.16. The molecule has 2 atom stereocenters. The van der Waals surface area contributed by atoms with Crippen molar-refractivity contribution in [2.24, 2.45) is 0 Å². The van der Waals surface area contributed by atoms with Gasteiger partial charge in [-0.1, -0.05) is 50.6 Å². The zero-order valence-corrected chi connectivity index (χ0v) is 12.6. The van der Waals surface area contributed by atoms with Crippen LogP contribution >= 0.6 is 0 Å². The molecule has 0 saturated heterocycles. The molecule has 1 rings (SSSR count). The Kier molecular flexibility index (Phi) is 6.16. The number of carboxylic acid groups (broad SMARTS) is 1. The Labute approximate surface area is 120 Å². The average Bonchev–Trinajstić information content (AvgIpc) is 2.38. The zero-order valence-electron chi connectivity index (χ0n) is 11.7. The summed E-state index contributed by atoms with van der Waals surface area (Å²) in [6, 6.07) is 8.24. The van der Waals surface area contributed by atoms with Gasteiger partial charge >= 0.3 is 5.97 Å². The van der Waals surface area contributed by atoms with Gasteiger partial charge in [0.15, 0.2) is 0 Å². The van der Waals surface area contributed by atoms with Gasteiger partial charge in [-0.05, 0) is 17.9 Å². The fourth-order valence-corrected chi connectivity index (χ4v) is 3.59. The van der Waals surface area contributed by atoms with E-state index in [1.807, 2.05) is 44.2 Å². The molecule has 0 spiro atoms. The van der Waals surface area contributed by atoms with Crippen LogP contribution in [0.1, 0.15) is 38.2 Å². The number of carbonyl (C=O) groups is 1. The van der Waals surface area contributed by atoms with Gasteiger partial charge in [-0.3, -0.25) is 4.79 Å². The molecule has 0 amide bonds. The molecule has 0 aromatic heterocycles. The van der Waals surface area contributed by atoms with Crippen LogP contribution in [0.3, 0.4) is 0 Å². The van der Waals surface area contributed by atoms with Crippen LogP contribution in [0.15, 0.2) is 30.3 Å². The number of nitrogens with one attached hydrogen (secondary N) is 1. The van der Waals surface area contributed by atoms with Gasteiger partial charge in [0.1, 0.15) is 6.04 Å². The Morgan fingerprint density at radius 3 is 2.40 bits per heavy atom. The first kappa shape index (κ1) is 16.7. The predicted octanol–water partition coefficient (Wildman–Crippen LogP) is 1.96. The average molecular weight is 299 g/mol. The van der Waals surface area contributed by atoms with Crippen LogP contribution in [0, 0.1) is 0 Å². The Bertz CT molecular complexity index is 527. The number of hydrogen-bond donors (Lipinski definition) is 2. The van der Waals surface area contributed by atoms with Crippen molar-refractivity contribution in [1.82, 2.24) is 4.72 Å². The minimum absolute atomic E-state index is 0.121. The fourth-order valence-electron chi connectivity index (χ4n) is 1.99. The van der Waals surface area contributed by atoms with Crippen molar-refractivity contribution in [3.05, 3.63) is 35.9 Å². The quantitative estimate of drug-likeness (QED) is 0.768. The van der Waals surface area contributed by atoms with Gasteiger partial charge in [-0.2, -0.15) is 0 Å². The second kappa shape index (κ2) is 7.40. The van der Waals surface area contributed by atoms with E-state index in [4.69, 9.17) is 5.11 Å². The molecule has 0 aliphatic rings. The third kappa shape index (κ3) is 5.30. The van der Waals surface area contributed by atoms with Crippen molar-refractivity contribution in [2.75, 3.05) is 5.75 Å². The zero-order chi connectivity index (χ0) is 15.2. The molecule has 2 unspecified atom stereocenters. The maximum Gasteiger partial charge on any atom is 0.321 e. The Balaban J connectivity index is 2.72. The number of hydrogen-bond acceptors (Lipinski definition) is 3. The maximum atomic E-state index is 12.0. The summed E-state index contributed by atoms with van der Waals surface area (Å²) in [7, 11) is -3.63. The van der Waals surface area contributed by atoms with E-state index >= 15 is 0 Å². The van der Waals surface area contributed by atoms with Gasteiger partial charge in [0.25, 0.3) is 0 Å². The first-order chi connectivity index (χ1) is 9.35. The van der Waals surface area contributed by atoms with E-state index in [9.17, 15) is 13.2 Å². The van der Waals surface area contributed by atoms with Gasteiger partial charge < -0.3 is 5.11 Å². The minimum atomic E-state index is -3.63. The molecular formula is C14H21NO4S. The lowest BCUT2D eigenvalue weighted by Gasteiger charge is -2.17. The molecule has 1 aromatic rings. The highest BCUT2D eigenvalue weighted by atomic mass is 32.2. The summed E-state index contributed by atoms with van der Waals surface area (Å²) in [6.07, 6.45) is 0.891. The van der Waals surface area contributed by atoms with Crippen molar-refractivity contribution in [3.8, 4) is 0 Å². The molecule has 5 nitrogen and oxygen atoms in total. The number of rotatable bonds is 8. The van der Waals surface area contributed by atoms with Crippen LogP contribution < -0.4 is 4.72 Å². The molecular weight excluding hydrogens is 278 g/mol. The molecule has 6 heteroatoms. The number of sulfonamides is 1. The fraction of sp³-hybridized carbons (Fsp3) is 0.500. The van der Waals surface area contributed by atoms with Crippen molar-refractivity contribution in [3.63, 3.8) is 0 Å². The summed E-state index contributed by atoms with van der Waals surface area (Å²) in [6.45, 7) is 3.63. The van der Waals surface area contributed by atoms with Gasteiger partial charge in [-0.15, -0.1) is 0 Å². The van der Waals surface area contributed by atoms with Crippen molar-refractivity contribution < 1.29 is 18.3 Å². The SMILES string of the molecule is CCCC(NS(=O)(=O)CC(C)c1ccccc1)C(=O)O. The van der Waals surface area contributed by atoms with E-state index < -0.39 is 22.0 Å². The topological polar surface area (TPSA) is 83.5 Å². The minimum Gasteiger partial charge on any atom is -0.480 e. The molecule has 0 heterocycles. The highest BCUT2D eigenvalue weighted by molar-refractivity contribution is 7.89. The molecule has 0 saturated carbocycles. The third-order valence-corrected chi connectivity index (χ3v) is 4.62. The Morgan fingerprint density at radius 2 is 1.90 bits per heavy atom. The van der Waals surface area contributed by atoms with Crippen LogP contribution in [-0.4, -0.2) is 31.3 Å². The molecule has 1 aromatic carbocycles. The molecule has 0 bridgehead atoms. The summed E-state index contributed by atoms with van der Waals surface area (Å²) >= 11 is 0. The van der Waals surface area contributed by atoms with Gasteiger partial charge in [0.2, 0.25) is 10.0 Å². The van der Waals surface area contributed by atoms with E-state index in [2.05, 4.69) is 4.72 Å². The first-order valence-corrected chi connectivity index (χ1v) is 8.28. The molecule has 0 aliphatic heterocycles. The summed E-state index contributed by atoms with van der Waals surface area (Å²) in [5.41, 5.74) is 0.917. The summed E-state index contributed by atoms with van der Waals surface area (Å²) < 4.78 is 26.3. The van der Waals surface area contributed by atoms with E-state index in [-0.39, 0.29) is 18.1 Å². The smallest absolute Gasteiger partial charge is 0.321 e. The summed E-state index contributed by atoms with van der Waals surface area (Å²) in [5, 5.41) is 8.99. The molecule has 0 radical (unpaired) electrons. The highest BCUT2D eigenvalue weighted by Gasteiger charge is 2.25. The second-order valence-corrected chi connectivity index (χ2v) is 6.69. The Morgan fingerprint density at radius 1 is 1.30 bits per heavy atom. The molecule has 0 fully saturated rings. The summed E-state index contributed by atoms with van der Waals surface area (Å²) in [5.74, 6) is -1.45. The van der Waals surface area contributed by atoms with Gasteiger partial charge in [0.05, 0.1) is 5.75 Å². The largest absolute Gasteiger partial charge is 0.480 e. The second-order valence-electron chi connectivity index (χ2n) is 4.89. The molecule has 20 heavy (non-hydrogen) atoms. The van der Waals surface area contributed by atoms with Crippen LogP contribution in [0.2, 0.25) is 0 Å². The monoisotopic (exact) mass is 299 g/mol. The Hall–Kier alpha value is -1.40. The van der Waals surface area contributed by atoms with Crippen molar-refractivity contribution in [1.29, 1.82) is 0 Å². The van der Waals surface area contributed by atoms with Crippen LogP contribution in [0.5, 0.6) is 0 Å². The third-order valence-electron chi connectivity index (χ3n) is 3.04. The van der Waals surface area contributed by atoms with Crippen LogP contribution in [0.25, 0.3) is 0 Å². The number of carboxylic acids is 1. The summed E-state index contributed by atoms with van der Waals surface area (Å²) in [4.78, 5) is 11.0. The van der Waals surface area contributed by atoms with Gasteiger partial charge in [-0.25, -0.2) is 13.1 Å². The first-order valence-electron chi connectivity index (χ1n) is 6.63. The van der Waals surface area contributed by atoms with E-state index in [0.29, 0.717) is 6.42 Å². The van der Waals surface area contributed by atoms with E-state index in [1.165, 1.54) is 0 Å². The standard InChI is InChI=1S/C14H21NO4S/c1-3-7-13(14(16)17)15-20(18,19)10-11(2)12-8-5-4-6-9-12/h4-6,8-9,11,13,15H,3,7,10H2,1-2H3,(H,16,17). The van der Waals surface area contributed by atoms with Gasteiger partial charge in [0, 0.05) is 0 Å². The van der Waals surface area contributed by atoms with Crippen molar-refractivity contribution >= 4 is 16.0 Å². The molecule has 2 N–H and O–H groups in total. The maximum absolute atomic E-state index is 12.0. The predicted molar refractivity (Wildman–Crippen MR) is 78.1 cm³/mol. The van der Waals surface area contributed by atoms with Crippen molar-refractivity contribution in [2.45, 2.75) is 38.6 Å². The van der Waals surface area contributed by atoms with E-state index in [0.717, 1.165) is 5.56 Å². The number of aliphatic carboxylic acids is 1.